The lowest BCUT2D eigenvalue weighted by Crippen LogP contribution is -1.97. The van der Waals surface area contributed by atoms with Crippen LogP contribution in [0.1, 0.15) is 35.8 Å². The van der Waals surface area contributed by atoms with Crippen molar-refractivity contribution in [3.8, 4) is 17.0 Å². The number of unbranched alkanes of at least 4 members (excludes halogenated alkanes) is 1. The number of hydrogen-bond acceptors (Lipinski definition) is 3. The number of benzene rings is 1. The fraction of sp³-hybridized carbons (Fsp3) is 0.294. The van der Waals surface area contributed by atoms with E-state index < -0.39 is 0 Å². The summed E-state index contributed by atoms with van der Waals surface area (Å²) in [6.45, 7) is 4.71. The maximum Gasteiger partial charge on any atom is 0.151 e. The largest absolute Gasteiger partial charge is 0.494 e. The Kier molecular flexibility index (Phi) is 4.88. The predicted molar refractivity (Wildman–Crippen MR) is 80.2 cm³/mol. The number of aromatic nitrogens is 1. The number of aldehydes is 1. The van der Waals surface area contributed by atoms with Gasteiger partial charge < -0.3 is 4.74 Å². The van der Waals surface area contributed by atoms with E-state index in [0.29, 0.717) is 5.56 Å². The van der Waals surface area contributed by atoms with Crippen molar-refractivity contribution in [3.63, 3.8) is 0 Å². The van der Waals surface area contributed by atoms with Crippen molar-refractivity contribution in [3.05, 3.63) is 47.7 Å². The topological polar surface area (TPSA) is 39.2 Å². The van der Waals surface area contributed by atoms with Crippen LogP contribution in [0.2, 0.25) is 0 Å². The first kappa shape index (κ1) is 14.3. The molecule has 1 heterocycles. The lowest BCUT2D eigenvalue weighted by molar-refractivity contribution is 0.112. The van der Waals surface area contributed by atoms with E-state index in [0.717, 1.165) is 48.4 Å². The molecule has 0 aliphatic rings. The minimum Gasteiger partial charge on any atom is -0.494 e. The van der Waals surface area contributed by atoms with Crippen molar-refractivity contribution >= 4 is 6.29 Å². The van der Waals surface area contributed by atoms with E-state index in [9.17, 15) is 4.79 Å². The van der Waals surface area contributed by atoms with Gasteiger partial charge in [-0.25, -0.2) is 0 Å². The minimum absolute atomic E-state index is 0.629. The summed E-state index contributed by atoms with van der Waals surface area (Å²) in [5, 5.41) is 0. The van der Waals surface area contributed by atoms with E-state index in [1.165, 1.54) is 0 Å². The smallest absolute Gasteiger partial charge is 0.151 e. The molecule has 20 heavy (non-hydrogen) atoms. The second-order valence-electron chi connectivity index (χ2n) is 4.72. The van der Waals surface area contributed by atoms with E-state index in [2.05, 4.69) is 11.9 Å². The molecule has 3 heteroatoms. The Balaban J connectivity index is 2.22. The molecule has 0 saturated carbocycles. The highest BCUT2D eigenvalue weighted by molar-refractivity contribution is 5.77. The van der Waals surface area contributed by atoms with E-state index in [-0.39, 0.29) is 0 Å². The molecular formula is C17H19NO2. The highest BCUT2D eigenvalue weighted by Crippen LogP contribution is 2.23. The highest BCUT2D eigenvalue weighted by atomic mass is 16.5. The summed E-state index contributed by atoms with van der Waals surface area (Å²) >= 11 is 0. The molecule has 0 fully saturated rings. The summed E-state index contributed by atoms with van der Waals surface area (Å²) in [5.41, 5.74) is 3.23. The number of aryl methyl sites for hydroxylation is 1. The van der Waals surface area contributed by atoms with Crippen LogP contribution in [-0.2, 0) is 0 Å². The first-order valence-electron chi connectivity index (χ1n) is 6.90. The van der Waals surface area contributed by atoms with Crippen molar-refractivity contribution in [1.29, 1.82) is 0 Å². The lowest BCUT2D eigenvalue weighted by Gasteiger charge is -2.08. The molecule has 0 radical (unpaired) electrons. The van der Waals surface area contributed by atoms with Crippen molar-refractivity contribution in [2.45, 2.75) is 26.7 Å². The molecule has 3 nitrogen and oxygen atoms in total. The maximum absolute atomic E-state index is 10.8. The van der Waals surface area contributed by atoms with Gasteiger partial charge in [0.05, 0.1) is 12.3 Å². The Morgan fingerprint density at radius 1 is 1.25 bits per heavy atom. The van der Waals surface area contributed by atoms with Crippen molar-refractivity contribution < 1.29 is 9.53 Å². The average Bonchev–Trinajstić information content (AvgIpc) is 2.48. The molecular weight excluding hydrogens is 250 g/mol. The van der Waals surface area contributed by atoms with Gasteiger partial charge in [-0.05, 0) is 37.6 Å². The molecule has 104 valence electrons. The minimum atomic E-state index is 0.629. The molecule has 0 amide bonds. The fourth-order valence-corrected chi connectivity index (χ4v) is 1.94. The molecule has 2 aromatic rings. The fourth-order valence-electron chi connectivity index (χ4n) is 1.94. The molecule has 0 spiro atoms. The van der Waals surface area contributed by atoms with Crippen LogP contribution in [0.3, 0.4) is 0 Å². The first-order chi connectivity index (χ1) is 9.74. The molecule has 0 atom stereocenters. The molecule has 2 rings (SSSR count). The number of ether oxygens (including phenoxy) is 1. The summed E-state index contributed by atoms with van der Waals surface area (Å²) in [6, 6.07) is 11.6. The molecule has 0 bridgehead atoms. The first-order valence-corrected chi connectivity index (χ1v) is 6.90. The van der Waals surface area contributed by atoms with Crippen LogP contribution < -0.4 is 4.74 Å². The monoisotopic (exact) mass is 269 g/mol. The normalized spacial score (nSPS) is 10.3. The third-order valence-electron chi connectivity index (χ3n) is 3.15. The second-order valence-corrected chi connectivity index (χ2v) is 4.72. The number of carbonyl (C=O) groups excluding carboxylic acids is 1. The Bertz CT molecular complexity index is 593. The van der Waals surface area contributed by atoms with Crippen molar-refractivity contribution in [2.24, 2.45) is 0 Å². The third-order valence-corrected chi connectivity index (χ3v) is 3.15. The van der Waals surface area contributed by atoms with Crippen LogP contribution >= 0.6 is 0 Å². The molecule has 0 unspecified atom stereocenters. The summed E-state index contributed by atoms with van der Waals surface area (Å²) in [5.74, 6) is 0.856. The van der Waals surface area contributed by atoms with Crippen molar-refractivity contribution in [1.82, 2.24) is 4.98 Å². The summed E-state index contributed by atoms with van der Waals surface area (Å²) in [7, 11) is 0. The SMILES string of the molecule is CCCCOc1cccc(-c2ccc(C=O)c(C)n2)c1. The summed E-state index contributed by atoms with van der Waals surface area (Å²) in [6.07, 6.45) is 3.00. The van der Waals surface area contributed by atoms with Gasteiger partial charge in [0.25, 0.3) is 0 Å². The van der Waals surface area contributed by atoms with Gasteiger partial charge in [0.1, 0.15) is 5.75 Å². The van der Waals surface area contributed by atoms with Gasteiger partial charge in [-0.1, -0.05) is 25.5 Å². The Labute approximate surface area is 119 Å². The molecule has 0 aliphatic heterocycles. The zero-order valence-electron chi connectivity index (χ0n) is 11.9. The van der Waals surface area contributed by atoms with E-state index in [1.807, 2.05) is 37.3 Å². The summed E-state index contributed by atoms with van der Waals surface area (Å²) < 4.78 is 5.70. The standard InChI is InChI=1S/C17H19NO2/c1-3-4-10-20-16-7-5-6-14(11-16)17-9-8-15(12-19)13(2)18-17/h5-9,11-12H,3-4,10H2,1-2H3. The van der Waals surface area contributed by atoms with Gasteiger partial charge in [0, 0.05) is 16.8 Å². The van der Waals surface area contributed by atoms with Crippen LogP contribution in [0.4, 0.5) is 0 Å². The van der Waals surface area contributed by atoms with Crippen LogP contribution in [0.15, 0.2) is 36.4 Å². The predicted octanol–water partition coefficient (Wildman–Crippen LogP) is 4.05. The molecule has 1 aromatic carbocycles. The summed E-state index contributed by atoms with van der Waals surface area (Å²) in [4.78, 5) is 15.3. The number of pyridine rings is 1. The van der Waals surface area contributed by atoms with Crippen LogP contribution in [-0.4, -0.2) is 17.9 Å². The highest BCUT2D eigenvalue weighted by Gasteiger charge is 2.04. The van der Waals surface area contributed by atoms with Gasteiger partial charge in [-0.15, -0.1) is 0 Å². The van der Waals surface area contributed by atoms with E-state index in [1.54, 1.807) is 6.07 Å². The number of carbonyl (C=O) groups is 1. The number of hydrogen-bond donors (Lipinski definition) is 0. The van der Waals surface area contributed by atoms with E-state index >= 15 is 0 Å². The number of nitrogens with zero attached hydrogens (tertiary/aromatic N) is 1. The number of rotatable bonds is 6. The van der Waals surface area contributed by atoms with Gasteiger partial charge in [-0.2, -0.15) is 0 Å². The van der Waals surface area contributed by atoms with Crippen LogP contribution in [0.25, 0.3) is 11.3 Å². The zero-order valence-corrected chi connectivity index (χ0v) is 11.9. The Morgan fingerprint density at radius 3 is 2.80 bits per heavy atom. The quantitative estimate of drug-likeness (QED) is 0.586. The molecule has 0 saturated heterocycles. The molecule has 0 aliphatic carbocycles. The Hall–Kier alpha value is -2.16. The maximum atomic E-state index is 10.8. The van der Waals surface area contributed by atoms with Gasteiger partial charge in [0.2, 0.25) is 0 Å². The second kappa shape index (κ2) is 6.85. The van der Waals surface area contributed by atoms with Gasteiger partial charge >= 0.3 is 0 Å². The van der Waals surface area contributed by atoms with E-state index in [4.69, 9.17) is 4.74 Å². The van der Waals surface area contributed by atoms with Gasteiger partial charge in [0.15, 0.2) is 6.29 Å². The van der Waals surface area contributed by atoms with Crippen LogP contribution in [0.5, 0.6) is 5.75 Å². The average molecular weight is 269 g/mol. The Morgan fingerprint density at radius 2 is 2.10 bits per heavy atom. The molecule has 1 aromatic heterocycles. The lowest BCUT2D eigenvalue weighted by atomic mass is 10.1. The van der Waals surface area contributed by atoms with Gasteiger partial charge in [-0.3, -0.25) is 9.78 Å². The van der Waals surface area contributed by atoms with Crippen molar-refractivity contribution in [2.75, 3.05) is 6.61 Å². The molecule has 0 N–H and O–H groups in total. The third kappa shape index (κ3) is 3.44. The zero-order chi connectivity index (χ0) is 14.4. The van der Waals surface area contributed by atoms with Crippen LogP contribution in [0, 0.1) is 6.92 Å².